The van der Waals surface area contributed by atoms with Gasteiger partial charge in [0.2, 0.25) is 10.0 Å². The van der Waals surface area contributed by atoms with Crippen LogP contribution < -0.4 is 10.0 Å². The zero-order valence-electron chi connectivity index (χ0n) is 15.0. The molecule has 1 fully saturated rings. The van der Waals surface area contributed by atoms with Crippen LogP contribution in [-0.2, 0) is 10.0 Å². The van der Waals surface area contributed by atoms with E-state index in [0.717, 1.165) is 19.0 Å². The number of pyridine rings is 1. The standard InChI is InChI=1S/C16H27N5O2S.HI/c1-13-9-14(2)12-21(11-13)16(17-3)19-7-8-20-24(22,23)15-5-4-6-18-10-15;/h4-6,10,13-14,20H,7-9,11-12H2,1-3H3,(H,17,19);1H. The number of sulfonamides is 1. The smallest absolute Gasteiger partial charge is 0.242 e. The van der Waals surface area contributed by atoms with Crippen LogP contribution in [0.4, 0.5) is 0 Å². The second kappa shape index (κ2) is 10.3. The average molecular weight is 481 g/mol. The fourth-order valence-electron chi connectivity index (χ4n) is 3.12. The molecule has 0 radical (unpaired) electrons. The number of aromatic nitrogens is 1. The molecule has 1 aromatic heterocycles. The topological polar surface area (TPSA) is 86.7 Å². The lowest BCUT2D eigenvalue weighted by molar-refractivity contribution is 0.208. The summed E-state index contributed by atoms with van der Waals surface area (Å²) in [6, 6.07) is 3.13. The molecular weight excluding hydrogens is 453 g/mol. The third-order valence-corrected chi connectivity index (χ3v) is 5.47. The van der Waals surface area contributed by atoms with Gasteiger partial charge >= 0.3 is 0 Å². The second-order valence-corrected chi connectivity index (χ2v) is 8.18. The molecule has 2 rings (SSSR count). The minimum Gasteiger partial charge on any atom is -0.355 e. The number of nitrogens with zero attached hydrogens (tertiary/aromatic N) is 3. The number of rotatable bonds is 5. The van der Waals surface area contributed by atoms with Gasteiger partial charge in [-0.05, 0) is 30.4 Å². The van der Waals surface area contributed by atoms with Crippen molar-refractivity contribution in [3.63, 3.8) is 0 Å². The van der Waals surface area contributed by atoms with Gasteiger partial charge in [0.05, 0.1) is 0 Å². The van der Waals surface area contributed by atoms with Crippen LogP contribution in [0, 0.1) is 11.8 Å². The van der Waals surface area contributed by atoms with E-state index in [-0.39, 0.29) is 35.4 Å². The largest absolute Gasteiger partial charge is 0.355 e. The Morgan fingerprint density at radius 3 is 2.56 bits per heavy atom. The van der Waals surface area contributed by atoms with Crippen LogP contribution in [0.5, 0.6) is 0 Å². The predicted octanol–water partition coefficient (Wildman–Crippen LogP) is 1.53. The van der Waals surface area contributed by atoms with Crippen molar-refractivity contribution in [2.24, 2.45) is 16.8 Å². The second-order valence-electron chi connectivity index (χ2n) is 6.41. The van der Waals surface area contributed by atoms with E-state index in [1.165, 1.54) is 18.7 Å². The summed E-state index contributed by atoms with van der Waals surface area (Å²) in [5.41, 5.74) is 0. The first-order valence-corrected chi connectivity index (χ1v) is 9.76. The Labute approximate surface area is 167 Å². The summed E-state index contributed by atoms with van der Waals surface area (Å²) < 4.78 is 26.8. The minimum absolute atomic E-state index is 0. The Morgan fingerprint density at radius 1 is 1.32 bits per heavy atom. The molecular formula is C16H28IN5O2S. The number of aliphatic imine (C=N–C) groups is 1. The zero-order chi connectivity index (χ0) is 17.6. The monoisotopic (exact) mass is 481 g/mol. The van der Waals surface area contributed by atoms with E-state index < -0.39 is 10.0 Å². The van der Waals surface area contributed by atoms with E-state index in [1.807, 2.05) is 0 Å². The summed E-state index contributed by atoms with van der Waals surface area (Å²) >= 11 is 0. The summed E-state index contributed by atoms with van der Waals surface area (Å²) in [6.07, 6.45) is 4.12. The van der Waals surface area contributed by atoms with E-state index >= 15 is 0 Å². The molecule has 1 aliphatic heterocycles. The number of guanidine groups is 1. The first-order chi connectivity index (χ1) is 11.4. The Morgan fingerprint density at radius 2 is 2.00 bits per heavy atom. The fraction of sp³-hybridized carbons (Fsp3) is 0.625. The maximum atomic E-state index is 12.1. The van der Waals surface area contributed by atoms with E-state index in [4.69, 9.17) is 0 Å². The van der Waals surface area contributed by atoms with Gasteiger partial charge in [0.1, 0.15) is 4.90 Å². The van der Waals surface area contributed by atoms with E-state index in [2.05, 4.69) is 38.8 Å². The van der Waals surface area contributed by atoms with Crippen molar-refractivity contribution in [1.82, 2.24) is 19.9 Å². The highest BCUT2D eigenvalue weighted by atomic mass is 127. The van der Waals surface area contributed by atoms with Crippen LogP contribution in [0.1, 0.15) is 20.3 Å². The highest BCUT2D eigenvalue weighted by molar-refractivity contribution is 14.0. The molecule has 25 heavy (non-hydrogen) atoms. The van der Waals surface area contributed by atoms with Gasteiger partial charge < -0.3 is 10.2 Å². The predicted molar refractivity (Wildman–Crippen MR) is 111 cm³/mol. The van der Waals surface area contributed by atoms with E-state index in [1.54, 1.807) is 19.3 Å². The summed E-state index contributed by atoms with van der Waals surface area (Å²) in [6.45, 7) is 7.22. The zero-order valence-corrected chi connectivity index (χ0v) is 18.1. The third-order valence-electron chi connectivity index (χ3n) is 4.03. The minimum atomic E-state index is -3.51. The van der Waals surface area contributed by atoms with Gasteiger partial charge in [-0.15, -0.1) is 24.0 Å². The summed E-state index contributed by atoms with van der Waals surface area (Å²) in [7, 11) is -1.76. The Kier molecular flexibility index (Phi) is 9.08. The fourth-order valence-corrected chi connectivity index (χ4v) is 4.11. The molecule has 0 amide bonds. The molecule has 0 aliphatic carbocycles. The molecule has 2 atom stereocenters. The van der Waals surface area contributed by atoms with E-state index in [0.29, 0.717) is 18.4 Å². The van der Waals surface area contributed by atoms with Gasteiger partial charge in [-0.1, -0.05) is 13.8 Å². The number of halogens is 1. The highest BCUT2D eigenvalue weighted by Gasteiger charge is 2.23. The molecule has 2 N–H and O–H groups in total. The van der Waals surface area contributed by atoms with Crippen molar-refractivity contribution in [3.05, 3.63) is 24.5 Å². The van der Waals surface area contributed by atoms with Crippen molar-refractivity contribution in [3.8, 4) is 0 Å². The van der Waals surface area contributed by atoms with Crippen LogP contribution in [0.2, 0.25) is 0 Å². The SMILES string of the molecule is CN=C(NCCNS(=O)(=O)c1cccnc1)N1CC(C)CC(C)C1.I. The molecule has 1 saturated heterocycles. The molecule has 2 heterocycles. The molecule has 0 bridgehead atoms. The molecule has 2 unspecified atom stereocenters. The first-order valence-electron chi connectivity index (χ1n) is 8.27. The molecule has 7 nitrogen and oxygen atoms in total. The molecule has 1 aromatic rings. The van der Waals surface area contributed by atoms with Gasteiger partial charge in [-0.2, -0.15) is 0 Å². The maximum Gasteiger partial charge on any atom is 0.242 e. The van der Waals surface area contributed by atoms with Crippen molar-refractivity contribution >= 4 is 40.0 Å². The van der Waals surface area contributed by atoms with Crippen molar-refractivity contribution in [2.75, 3.05) is 33.2 Å². The van der Waals surface area contributed by atoms with Crippen LogP contribution in [0.3, 0.4) is 0 Å². The highest BCUT2D eigenvalue weighted by Crippen LogP contribution is 2.20. The molecule has 0 aromatic carbocycles. The Hall–Kier alpha value is -0.940. The summed E-state index contributed by atoms with van der Waals surface area (Å²) in [4.78, 5) is 10.6. The Balaban J connectivity index is 0.00000312. The molecule has 0 saturated carbocycles. The lowest BCUT2D eigenvalue weighted by Crippen LogP contribution is -2.49. The van der Waals surface area contributed by atoms with Gasteiger partial charge in [-0.3, -0.25) is 9.98 Å². The van der Waals surface area contributed by atoms with Gasteiger partial charge in [0.25, 0.3) is 0 Å². The number of piperidine rings is 1. The molecule has 142 valence electrons. The van der Waals surface area contributed by atoms with Crippen molar-refractivity contribution < 1.29 is 8.42 Å². The first kappa shape index (κ1) is 22.1. The lowest BCUT2D eigenvalue weighted by Gasteiger charge is -2.37. The summed E-state index contributed by atoms with van der Waals surface area (Å²) in [5.74, 6) is 2.10. The number of hydrogen-bond acceptors (Lipinski definition) is 4. The van der Waals surface area contributed by atoms with Crippen LogP contribution in [0.25, 0.3) is 0 Å². The quantitative estimate of drug-likeness (QED) is 0.289. The van der Waals surface area contributed by atoms with E-state index in [9.17, 15) is 8.42 Å². The maximum absolute atomic E-state index is 12.1. The number of likely N-dealkylation sites (tertiary alicyclic amines) is 1. The van der Waals surface area contributed by atoms with Gasteiger partial charge in [0, 0.05) is 45.6 Å². The Bertz CT molecular complexity index is 644. The van der Waals surface area contributed by atoms with Crippen molar-refractivity contribution in [1.29, 1.82) is 0 Å². The van der Waals surface area contributed by atoms with Gasteiger partial charge in [-0.25, -0.2) is 13.1 Å². The molecule has 9 heteroatoms. The van der Waals surface area contributed by atoms with Crippen LogP contribution in [-0.4, -0.2) is 57.5 Å². The van der Waals surface area contributed by atoms with Crippen LogP contribution in [0.15, 0.2) is 34.4 Å². The van der Waals surface area contributed by atoms with Gasteiger partial charge in [0.15, 0.2) is 5.96 Å². The number of hydrogen-bond donors (Lipinski definition) is 2. The molecule has 0 spiro atoms. The van der Waals surface area contributed by atoms with Crippen LogP contribution >= 0.6 is 24.0 Å². The normalized spacial score (nSPS) is 21.6. The van der Waals surface area contributed by atoms with Crippen molar-refractivity contribution in [2.45, 2.75) is 25.2 Å². The molecule has 1 aliphatic rings. The summed E-state index contributed by atoms with van der Waals surface area (Å²) in [5, 5.41) is 3.24. The number of nitrogens with one attached hydrogen (secondary N) is 2. The lowest BCUT2D eigenvalue weighted by atomic mass is 9.92. The third kappa shape index (κ3) is 6.70. The average Bonchev–Trinajstić information content (AvgIpc) is 2.55.